The summed E-state index contributed by atoms with van der Waals surface area (Å²) in [5.41, 5.74) is 0. The molecule has 2 aliphatic rings. The highest BCUT2D eigenvalue weighted by molar-refractivity contribution is 5.86. The first-order chi connectivity index (χ1) is 11.6. The van der Waals surface area contributed by atoms with Gasteiger partial charge in [-0.25, -0.2) is 0 Å². The number of methoxy groups -OCH3 is 2. The minimum Gasteiger partial charge on any atom is -0.469 e. The molecule has 0 aliphatic carbocycles. The summed E-state index contributed by atoms with van der Waals surface area (Å²) in [7, 11) is 2.53. The van der Waals surface area contributed by atoms with Crippen molar-refractivity contribution in [2.24, 2.45) is 11.8 Å². The first-order valence-corrected chi connectivity index (χ1v) is 7.70. The van der Waals surface area contributed by atoms with Crippen molar-refractivity contribution in [3.63, 3.8) is 0 Å². The molecule has 0 bridgehead atoms. The average molecular weight is 332 g/mol. The Labute approximate surface area is 141 Å². The molecule has 0 aromatic heterocycles. The summed E-state index contributed by atoms with van der Waals surface area (Å²) >= 11 is 0. The van der Waals surface area contributed by atoms with E-state index in [0.717, 1.165) is 12.8 Å². The monoisotopic (exact) mass is 332 g/mol. The number of hydrogen-bond donors (Lipinski definition) is 0. The Balaban J connectivity index is 2.47. The van der Waals surface area contributed by atoms with Gasteiger partial charge in [0.15, 0.2) is 0 Å². The number of rotatable bonds is 2. The second-order valence-corrected chi connectivity index (χ2v) is 5.41. The summed E-state index contributed by atoms with van der Waals surface area (Å²) in [6.45, 7) is 2.12. The van der Waals surface area contributed by atoms with E-state index in [9.17, 15) is 9.59 Å². The number of ether oxygens (including phenoxy) is 4. The highest BCUT2D eigenvalue weighted by atomic mass is 16.7. The molecule has 6 heteroatoms. The third-order valence-electron chi connectivity index (χ3n) is 4.05. The summed E-state index contributed by atoms with van der Waals surface area (Å²) in [5, 5.41) is 0. The van der Waals surface area contributed by atoms with Gasteiger partial charge in [-0.1, -0.05) is 11.8 Å². The van der Waals surface area contributed by atoms with E-state index in [2.05, 4.69) is 23.7 Å². The number of carbonyl (C=O) groups is 2. The molecule has 128 valence electrons. The molecule has 0 saturated carbocycles. The zero-order valence-electron chi connectivity index (χ0n) is 14.0. The highest BCUT2D eigenvalue weighted by Crippen LogP contribution is 2.49. The Hall–Kier alpha value is -2.44. The number of allylic oxidation sites excluding steroid dienone is 1. The van der Waals surface area contributed by atoms with Crippen LogP contribution in [0.2, 0.25) is 0 Å². The van der Waals surface area contributed by atoms with Crippen LogP contribution in [0, 0.1) is 35.5 Å². The van der Waals surface area contributed by atoms with Crippen molar-refractivity contribution in [3.8, 4) is 23.7 Å². The molecule has 0 aromatic rings. The van der Waals surface area contributed by atoms with Crippen LogP contribution < -0.4 is 0 Å². The largest absolute Gasteiger partial charge is 0.469 e. The van der Waals surface area contributed by atoms with Crippen LogP contribution >= 0.6 is 0 Å². The van der Waals surface area contributed by atoms with Crippen LogP contribution in [0.1, 0.15) is 26.2 Å². The van der Waals surface area contributed by atoms with Gasteiger partial charge in [-0.3, -0.25) is 9.59 Å². The van der Waals surface area contributed by atoms with Crippen LogP contribution in [0.25, 0.3) is 0 Å². The molecule has 1 spiro atoms. The van der Waals surface area contributed by atoms with E-state index < -0.39 is 29.6 Å². The lowest BCUT2D eigenvalue weighted by atomic mass is 9.83. The van der Waals surface area contributed by atoms with Crippen molar-refractivity contribution >= 4 is 11.9 Å². The first-order valence-electron chi connectivity index (χ1n) is 7.70. The SMILES string of the molecule is CC#CC#CC=C1OC2(CCCCO2)C(C(=O)OC)C1C(=O)OC. The Morgan fingerprint density at radius 3 is 2.54 bits per heavy atom. The van der Waals surface area contributed by atoms with E-state index in [1.807, 2.05) is 0 Å². The summed E-state index contributed by atoms with van der Waals surface area (Å²) in [5.74, 6) is 6.54. The second kappa shape index (κ2) is 7.90. The van der Waals surface area contributed by atoms with Gasteiger partial charge in [0, 0.05) is 12.5 Å². The Morgan fingerprint density at radius 1 is 1.21 bits per heavy atom. The molecule has 2 heterocycles. The lowest BCUT2D eigenvalue weighted by Crippen LogP contribution is -2.47. The summed E-state index contributed by atoms with van der Waals surface area (Å²) in [4.78, 5) is 24.7. The fourth-order valence-electron chi connectivity index (χ4n) is 3.01. The minimum atomic E-state index is -1.21. The average Bonchev–Trinajstić information content (AvgIpc) is 2.91. The Morgan fingerprint density at radius 2 is 1.96 bits per heavy atom. The molecule has 6 nitrogen and oxygen atoms in total. The number of carbonyl (C=O) groups excluding carboxylic acids is 2. The molecule has 0 amide bonds. The van der Waals surface area contributed by atoms with Gasteiger partial charge in [-0.05, 0) is 31.6 Å². The standard InChI is InChI=1S/C18H20O6/c1-4-5-6-7-10-13-14(16(19)21-2)15(17(20)22-3)18(24-13)11-8-9-12-23-18/h10,14-15H,8-9,11-12H2,1-3H3. The van der Waals surface area contributed by atoms with Crippen LogP contribution in [0.4, 0.5) is 0 Å². The van der Waals surface area contributed by atoms with Crippen LogP contribution in [-0.4, -0.2) is 38.6 Å². The maximum atomic E-state index is 12.4. The van der Waals surface area contributed by atoms with Gasteiger partial charge in [-0.2, -0.15) is 0 Å². The lowest BCUT2D eigenvalue weighted by Gasteiger charge is -2.36. The van der Waals surface area contributed by atoms with Gasteiger partial charge >= 0.3 is 11.9 Å². The fourth-order valence-corrected chi connectivity index (χ4v) is 3.01. The molecular weight excluding hydrogens is 312 g/mol. The molecule has 2 rings (SSSR count). The maximum Gasteiger partial charge on any atom is 0.317 e. The maximum absolute atomic E-state index is 12.4. The van der Waals surface area contributed by atoms with Crippen molar-refractivity contribution in [1.29, 1.82) is 0 Å². The molecule has 0 aromatic carbocycles. The van der Waals surface area contributed by atoms with Gasteiger partial charge < -0.3 is 18.9 Å². The van der Waals surface area contributed by atoms with Crippen molar-refractivity contribution in [3.05, 3.63) is 11.8 Å². The third kappa shape index (κ3) is 3.39. The number of esters is 2. The molecule has 24 heavy (non-hydrogen) atoms. The molecule has 2 fully saturated rings. The summed E-state index contributed by atoms with van der Waals surface area (Å²) in [6.07, 6.45) is 3.61. The van der Waals surface area contributed by atoms with E-state index in [-0.39, 0.29) is 5.76 Å². The Bertz CT molecular complexity index is 648. The van der Waals surface area contributed by atoms with Crippen LogP contribution in [0.3, 0.4) is 0 Å². The van der Waals surface area contributed by atoms with Crippen molar-refractivity contribution in [1.82, 2.24) is 0 Å². The predicted octanol–water partition coefficient (Wildman–Crippen LogP) is 1.40. The molecule has 2 aliphatic heterocycles. The van der Waals surface area contributed by atoms with Gasteiger partial charge in [-0.15, -0.1) is 0 Å². The molecule has 0 N–H and O–H groups in total. The van der Waals surface area contributed by atoms with Gasteiger partial charge in [0.25, 0.3) is 0 Å². The van der Waals surface area contributed by atoms with E-state index in [1.54, 1.807) is 6.92 Å². The second-order valence-electron chi connectivity index (χ2n) is 5.41. The van der Waals surface area contributed by atoms with E-state index in [0.29, 0.717) is 13.0 Å². The van der Waals surface area contributed by atoms with Crippen LogP contribution in [0.15, 0.2) is 11.8 Å². The lowest BCUT2D eigenvalue weighted by molar-refractivity contribution is -0.243. The molecular formula is C18H20O6. The highest BCUT2D eigenvalue weighted by Gasteiger charge is 2.62. The van der Waals surface area contributed by atoms with Gasteiger partial charge in [0.2, 0.25) is 5.79 Å². The molecule has 3 atom stereocenters. The summed E-state index contributed by atoms with van der Waals surface area (Å²) < 4.78 is 21.5. The first kappa shape index (κ1) is 17.9. The van der Waals surface area contributed by atoms with E-state index >= 15 is 0 Å². The number of hydrogen-bond acceptors (Lipinski definition) is 6. The fraction of sp³-hybridized carbons (Fsp3) is 0.556. The third-order valence-corrected chi connectivity index (χ3v) is 4.05. The van der Waals surface area contributed by atoms with Crippen molar-refractivity contribution in [2.75, 3.05) is 20.8 Å². The van der Waals surface area contributed by atoms with E-state index in [1.165, 1.54) is 20.3 Å². The van der Waals surface area contributed by atoms with Gasteiger partial charge in [0.05, 0.1) is 20.8 Å². The zero-order chi connectivity index (χ0) is 17.6. The van der Waals surface area contributed by atoms with E-state index in [4.69, 9.17) is 18.9 Å². The minimum absolute atomic E-state index is 0.240. The smallest absolute Gasteiger partial charge is 0.317 e. The quantitative estimate of drug-likeness (QED) is 0.562. The van der Waals surface area contributed by atoms with Crippen LogP contribution in [0.5, 0.6) is 0 Å². The molecule has 3 unspecified atom stereocenters. The topological polar surface area (TPSA) is 71.1 Å². The molecule has 0 radical (unpaired) electrons. The zero-order valence-corrected chi connectivity index (χ0v) is 14.0. The van der Waals surface area contributed by atoms with Gasteiger partial charge in [0.1, 0.15) is 17.6 Å². The Kier molecular flexibility index (Phi) is 5.89. The van der Waals surface area contributed by atoms with Crippen molar-refractivity contribution < 1.29 is 28.5 Å². The summed E-state index contributed by atoms with van der Waals surface area (Å²) in [6, 6.07) is 0. The predicted molar refractivity (Wildman–Crippen MR) is 83.9 cm³/mol. The molecule has 2 saturated heterocycles. The van der Waals surface area contributed by atoms with Crippen molar-refractivity contribution in [2.45, 2.75) is 32.0 Å². The normalized spacial score (nSPS) is 29.7. The van der Waals surface area contributed by atoms with Crippen LogP contribution in [-0.2, 0) is 28.5 Å².